The van der Waals surface area contributed by atoms with E-state index >= 15 is 0 Å². The molecule has 1 unspecified atom stereocenters. The van der Waals surface area contributed by atoms with E-state index in [0.717, 1.165) is 28.0 Å². The molecule has 0 aliphatic carbocycles. The molecule has 0 heterocycles. The van der Waals surface area contributed by atoms with Crippen molar-refractivity contribution in [2.24, 2.45) is 0 Å². The third-order valence-corrected chi connectivity index (χ3v) is 4.38. The number of ether oxygens (including phenoxy) is 1. The Morgan fingerprint density at radius 3 is 2.38 bits per heavy atom. The van der Waals surface area contributed by atoms with Gasteiger partial charge in [-0.05, 0) is 60.0 Å². The molecule has 2 nitrogen and oxygen atoms in total. The highest BCUT2D eigenvalue weighted by molar-refractivity contribution is 5.71. The average Bonchev–Trinajstić information content (AvgIpc) is 2.66. The van der Waals surface area contributed by atoms with E-state index in [0.29, 0.717) is 6.54 Å². The number of nitrogens with one attached hydrogen (secondary N) is 1. The van der Waals surface area contributed by atoms with Crippen molar-refractivity contribution in [3.63, 3.8) is 0 Å². The summed E-state index contributed by atoms with van der Waals surface area (Å²) < 4.78 is 32.0. The maximum atomic E-state index is 13.4. The fourth-order valence-corrected chi connectivity index (χ4v) is 2.88. The number of hydrogen-bond donors (Lipinski definition) is 1. The van der Waals surface area contributed by atoms with Crippen LogP contribution in [0.5, 0.6) is 5.75 Å². The second kappa shape index (κ2) is 8.11. The molecule has 0 aromatic heterocycles. The Balaban J connectivity index is 1.78. The minimum absolute atomic E-state index is 0.0158. The lowest BCUT2D eigenvalue weighted by Crippen LogP contribution is -2.18. The van der Waals surface area contributed by atoms with Crippen LogP contribution >= 0.6 is 0 Å². The summed E-state index contributed by atoms with van der Waals surface area (Å²) in [5.74, 6) is 0.229. The molecule has 0 aliphatic heterocycles. The first-order valence-electron chi connectivity index (χ1n) is 8.48. The zero-order valence-corrected chi connectivity index (χ0v) is 14.8. The first kappa shape index (κ1) is 18.1. The van der Waals surface area contributed by atoms with E-state index in [2.05, 4.69) is 5.32 Å². The maximum absolute atomic E-state index is 13.4. The van der Waals surface area contributed by atoms with E-state index in [1.807, 2.05) is 31.2 Å². The largest absolute Gasteiger partial charge is 0.496 e. The number of methoxy groups -OCH3 is 1. The van der Waals surface area contributed by atoms with Gasteiger partial charge in [-0.25, -0.2) is 8.78 Å². The number of hydrogen-bond acceptors (Lipinski definition) is 2. The summed E-state index contributed by atoms with van der Waals surface area (Å²) in [6, 6.07) is 18.9. The zero-order valence-electron chi connectivity index (χ0n) is 14.8. The predicted molar refractivity (Wildman–Crippen MR) is 100 cm³/mol. The van der Waals surface area contributed by atoms with Gasteiger partial charge < -0.3 is 10.1 Å². The molecule has 3 aromatic carbocycles. The van der Waals surface area contributed by atoms with Crippen molar-refractivity contribution in [1.82, 2.24) is 5.32 Å². The van der Waals surface area contributed by atoms with Crippen molar-refractivity contribution < 1.29 is 13.5 Å². The van der Waals surface area contributed by atoms with Gasteiger partial charge >= 0.3 is 0 Å². The highest BCUT2D eigenvalue weighted by atomic mass is 19.1. The van der Waals surface area contributed by atoms with Gasteiger partial charge in [-0.3, -0.25) is 0 Å². The molecule has 0 saturated heterocycles. The molecule has 26 heavy (non-hydrogen) atoms. The summed E-state index contributed by atoms with van der Waals surface area (Å²) in [5.41, 5.74) is 3.76. The molecule has 0 spiro atoms. The minimum Gasteiger partial charge on any atom is -0.496 e. The quantitative estimate of drug-likeness (QED) is 0.632. The Morgan fingerprint density at radius 1 is 0.923 bits per heavy atom. The highest BCUT2D eigenvalue weighted by Gasteiger charge is 2.10. The molecular weight excluding hydrogens is 332 g/mol. The summed E-state index contributed by atoms with van der Waals surface area (Å²) in [7, 11) is 1.62. The second-order valence-corrected chi connectivity index (χ2v) is 6.20. The van der Waals surface area contributed by atoms with E-state index in [4.69, 9.17) is 4.74 Å². The molecule has 0 bridgehead atoms. The van der Waals surface area contributed by atoms with Crippen molar-refractivity contribution in [3.8, 4) is 16.9 Å². The summed E-state index contributed by atoms with van der Waals surface area (Å²) >= 11 is 0. The Kier molecular flexibility index (Phi) is 5.64. The summed E-state index contributed by atoms with van der Waals surface area (Å²) in [4.78, 5) is 0. The standard InChI is InChI=1S/C22H21F2NO/c1-15(18-4-3-5-20(24)13-18)25-14-16-6-11-22(26-2)21(12-16)17-7-9-19(23)10-8-17/h3-13,15,25H,14H2,1-2H3. The summed E-state index contributed by atoms with van der Waals surface area (Å²) in [6.45, 7) is 2.62. The molecule has 0 radical (unpaired) electrons. The smallest absolute Gasteiger partial charge is 0.126 e. The normalized spacial score (nSPS) is 12.0. The van der Waals surface area contributed by atoms with Gasteiger partial charge in [0.25, 0.3) is 0 Å². The van der Waals surface area contributed by atoms with Gasteiger partial charge in [-0.2, -0.15) is 0 Å². The van der Waals surface area contributed by atoms with Crippen molar-refractivity contribution in [3.05, 3.63) is 89.5 Å². The Bertz CT molecular complexity index is 878. The SMILES string of the molecule is COc1ccc(CNC(C)c2cccc(F)c2)cc1-c1ccc(F)cc1. The molecule has 3 aromatic rings. The second-order valence-electron chi connectivity index (χ2n) is 6.20. The minimum atomic E-state index is -0.269. The molecule has 3 rings (SSSR count). The lowest BCUT2D eigenvalue weighted by Gasteiger charge is -2.16. The average molecular weight is 353 g/mol. The van der Waals surface area contributed by atoms with Crippen LogP contribution in [0.3, 0.4) is 0 Å². The van der Waals surface area contributed by atoms with Crippen LogP contribution in [0, 0.1) is 11.6 Å². The lowest BCUT2D eigenvalue weighted by molar-refractivity contribution is 0.416. The third-order valence-electron chi connectivity index (χ3n) is 4.38. The van der Waals surface area contributed by atoms with E-state index in [1.165, 1.54) is 24.3 Å². The molecule has 0 saturated carbocycles. The van der Waals surface area contributed by atoms with Crippen LogP contribution in [0.4, 0.5) is 8.78 Å². The van der Waals surface area contributed by atoms with Gasteiger partial charge in [-0.1, -0.05) is 30.3 Å². The first-order valence-corrected chi connectivity index (χ1v) is 8.48. The fourth-order valence-electron chi connectivity index (χ4n) is 2.88. The van der Waals surface area contributed by atoms with Crippen LogP contribution in [0.25, 0.3) is 11.1 Å². The number of benzene rings is 3. The van der Waals surface area contributed by atoms with Crippen LogP contribution in [0.2, 0.25) is 0 Å². The molecule has 4 heteroatoms. The van der Waals surface area contributed by atoms with Crippen LogP contribution in [-0.4, -0.2) is 7.11 Å². The van der Waals surface area contributed by atoms with Crippen molar-refractivity contribution in [2.75, 3.05) is 7.11 Å². The van der Waals surface area contributed by atoms with Crippen LogP contribution in [0.15, 0.2) is 66.7 Å². The molecule has 134 valence electrons. The van der Waals surface area contributed by atoms with E-state index in [1.54, 1.807) is 25.3 Å². The fraction of sp³-hybridized carbons (Fsp3) is 0.182. The van der Waals surface area contributed by atoms with E-state index < -0.39 is 0 Å². The van der Waals surface area contributed by atoms with Crippen molar-refractivity contribution in [1.29, 1.82) is 0 Å². The van der Waals surface area contributed by atoms with Gasteiger partial charge in [0.2, 0.25) is 0 Å². The molecule has 0 aliphatic rings. The van der Waals surface area contributed by atoms with Crippen molar-refractivity contribution in [2.45, 2.75) is 19.5 Å². The maximum Gasteiger partial charge on any atom is 0.126 e. The third kappa shape index (κ3) is 4.27. The monoisotopic (exact) mass is 353 g/mol. The molecule has 0 amide bonds. The Labute approximate surface area is 152 Å². The molecule has 1 N–H and O–H groups in total. The van der Waals surface area contributed by atoms with E-state index in [9.17, 15) is 8.78 Å². The molecule has 0 fully saturated rings. The van der Waals surface area contributed by atoms with Gasteiger partial charge in [0.1, 0.15) is 17.4 Å². The highest BCUT2D eigenvalue weighted by Crippen LogP contribution is 2.31. The van der Waals surface area contributed by atoms with Gasteiger partial charge in [-0.15, -0.1) is 0 Å². The topological polar surface area (TPSA) is 21.3 Å². The van der Waals surface area contributed by atoms with Gasteiger partial charge in [0, 0.05) is 18.2 Å². The zero-order chi connectivity index (χ0) is 18.5. The van der Waals surface area contributed by atoms with E-state index in [-0.39, 0.29) is 17.7 Å². The molecule has 1 atom stereocenters. The Morgan fingerprint density at radius 2 is 1.69 bits per heavy atom. The number of rotatable bonds is 6. The lowest BCUT2D eigenvalue weighted by atomic mass is 10.0. The van der Waals surface area contributed by atoms with Crippen LogP contribution in [-0.2, 0) is 6.54 Å². The summed E-state index contributed by atoms with van der Waals surface area (Å²) in [5, 5.41) is 3.40. The van der Waals surface area contributed by atoms with Gasteiger partial charge in [0.05, 0.1) is 7.11 Å². The van der Waals surface area contributed by atoms with Crippen LogP contribution in [0.1, 0.15) is 24.1 Å². The summed E-state index contributed by atoms with van der Waals surface area (Å²) in [6.07, 6.45) is 0. The van der Waals surface area contributed by atoms with Crippen LogP contribution < -0.4 is 10.1 Å². The Hall–Kier alpha value is -2.72. The van der Waals surface area contributed by atoms with Gasteiger partial charge in [0.15, 0.2) is 0 Å². The predicted octanol–water partition coefficient (Wildman–Crippen LogP) is 5.49. The first-order chi connectivity index (χ1) is 12.6. The number of halogens is 2. The van der Waals surface area contributed by atoms with Crippen molar-refractivity contribution >= 4 is 0 Å². The molecular formula is C22H21F2NO.